The summed E-state index contributed by atoms with van der Waals surface area (Å²) in [5.41, 5.74) is 0.949. The molecule has 7 heteroatoms. The van der Waals surface area contributed by atoms with Crippen LogP contribution in [0.25, 0.3) is 0 Å². The van der Waals surface area contributed by atoms with Crippen molar-refractivity contribution in [1.29, 1.82) is 0 Å². The van der Waals surface area contributed by atoms with E-state index in [1.54, 1.807) is 38.1 Å². The average Bonchev–Trinajstić information content (AvgIpc) is 3.51. The fourth-order valence-corrected chi connectivity index (χ4v) is 5.65. The third-order valence-corrected chi connectivity index (χ3v) is 7.06. The number of rotatable bonds is 6. The van der Waals surface area contributed by atoms with Gasteiger partial charge in [0.1, 0.15) is 0 Å². The standard InChI is InChI=1S/C24H26N2O5/c1-12(2)31-24(30)13-3-5-14(6-4-13)25-19(27)9-10-26-22(28)20-15-7-8-16(18-11-17(15)18)21(20)23(26)29/h3-8,12,15-18,20-21H,9-11H2,1-2H3,(H,25,27)/t15-,16-,17-,18-,20-,21+/m0/s1. The Bertz CT molecular complexity index is 946. The molecule has 3 fully saturated rings. The Morgan fingerprint density at radius 1 is 1.03 bits per heavy atom. The first-order valence-electron chi connectivity index (χ1n) is 11.0. The van der Waals surface area contributed by atoms with Crippen LogP contribution in [0.4, 0.5) is 5.69 Å². The van der Waals surface area contributed by atoms with Crippen molar-refractivity contribution in [2.24, 2.45) is 35.5 Å². The number of nitrogens with one attached hydrogen (secondary N) is 1. The van der Waals surface area contributed by atoms with Crippen LogP contribution in [0.15, 0.2) is 36.4 Å². The maximum absolute atomic E-state index is 12.9. The Balaban J connectivity index is 1.17. The van der Waals surface area contributed by atoms with E-state index in [-0.39, 0.29) is 60.5 Å². The zero-order chi connectivity index (χ0) is 21.9. The highest BCUT2D eigenvalue weighted by Gasteiger charge is 2.66. The minimum absolute atomic E-state index is 0.0453. The number of nitrogens with zero attached hydrogens (tertiary/aromatic N) is 1. The number of imide groups is 1. The summed E-state index contributed by atoms with van der Waals surface area (Å²) in [6.45, 7) is 3.66. The van der Waals surface area contributed by atoms with E-state index in [0.717, 1.165) is 6.42 Å². The van der Waals surface area contributed by atoms with Gasteiger partial charge in [-0.1, -0.05) is 12.2 Å². The Hall–Kier alpha value is -2.96. The summed E-state index contributed by atoms with van der Waals surface area (Å²) < 4.78 is 5.14. The van der Waals surface area contributed by atoms with Crippen LogP contribution >= 0.6 is 0 Å². The van der Waals surface area contributed by atoms with Gasteiger partial charge in [0, 0.05) is 18.7 Å². The van der Waals surface area contributed by atoms with Crippen LogP contribution in [0.1, 0.15) is 37.0 Å². The average molecular weight is 422 g/mol. The van der Waals surface area contributed by atoms with Crippen molar-refractivity contribution in [3.05, 3.63) is 42.0 Å². The third kappa shape index (κ3) is 3.36. The van der Waals surface area contributed by atoms with Crippen LogP contribution in [0.2, 0.25) is 0 Å². The largest absolute Gasteiger partial charge is 0.459 e. The van der Waals surface area contributed by atoms with Crippen LogP contribution in [-0.2, 0) is 19.1 Å². The first kappa shape index (κ1) is 20.0. The highest BCUT2D eigenvalue weighted by atomic mass is 16.5. The highest BCUT2D eigenvalue weighted by Crippen LogP contribution is 2.65. The lowest BCUT2D eigenvalue weighted by atomic mass is 9.63. The van der Waals surface area contributed by atoms with Gasteiger partial charge in [-0.3, -0.25) is 19.3 Å². The molecule has 31 heavy (non-hydrogen) atoms. The van der Waals surface area contributed by atoms with Crippen LogP contribution in [0.3, 0.4) is 0 Å². The molecule has 0 aromatic heterocycles. The molecular weight excluding hydrogens is 396 g/mol. The topological polar surface area (TPSA) is 92.8 Å². The van der Waals surface area contributed by atoms with Gasteiger partial charge >= 0.3 is 5.97 Å². The molecule has 1 heterocycles. The summed E-state index contributed by atoms with van der Waals surface area (Å²) in [5, 5.41) is 2.76. The van der Waals surface area contributed by atoms with Gasteiger partial charge in [0.15, 0.2) is 0 Å². The van der Waals surface area contributed by atoms with Crippen molar-refractivity contribution in [1.82, 2.24) is 4.90 Å². The van der Waals surface area contributed by atoms with E-state index in [2.05, 4.69) is 17.5 Å². The fourth-order valence-electron chi connectivity index (χ4n) is 5.65. The second kappa shape index (κ2) is 7.32. The van der Waals surface area contributed by atoms with E-state index in [4.69, 9.17) is 4.74 Å². The second-order valence-corrected chi connectivity index (χ2v) is 9.31. The highest BCUT2D eigenvalue weighted by molar-refractivity contribution is 6.06. The van der Waals surface area contributed by atoms with Gasteiger partial charge in [0.2, 0.25) is 17.7 Å². The van der Waals surface area contributed by atoms with Crippen molar-refractivity contribution in [3.63, 3.8) is 0 Å². The number of allylic oxidation sites excluding steroid dienone is 2. The van der Waals surface area contributed by atoms with Crippen LogP contribution in [0.5, 0.6) is 0 Å². The second-order valence-electron chi connectivity index (χ2n) is 9.31. The Labute approximate surface area is 180 Å². The molecule has 1 aromatic rings. The molecule has 2 saturated carbocycles. The van der Waals surface area contributed by atoms with Crippen molar-refractivity contribution in [3.8, 4) is 0 Å². The van der Waals surface area contributed by atoms with Gasteiger partial charge < -0.3 is 10.1 Å². The van der Waals surface area contributed by atoms with Crippen molar-refractivity contribution in [2.45, 2.75) is 32.8 Å². The number of carbonyl (C=O) groups excluding carboxylic acids is 4. The lowest BCUT2D eigenvalue weighted by molar-refractivity contribution is -0.140. The number of hydrogen-bond acceptors (Lipinski definition) is 5. The number of anilines is 1. The summed E-state index contributed by atoms with van der Waals surface area (Å²) in [6, 6.07) is 6.44. The maximum Gasteiger partial charge on any atom is 0.338 e. The molecule has 4 aliphatic carbocycles. The Morgan fingerprint density at radius 2 is 1.61 bits per heavy atom. The number of likely N-dealkylation sites (tertiary alicyclic amines) is 1. The Kier molecular flexibility index (Phi) is 4.72. The number of carbonyl (C=O) groups is 4. The van der Waals surface area contributed by atoms with E-state index in [0.29, 0.717) is 23.1 Å². The molecule has 3 amide bonds. The smallest absolute Gasteiger partial charge is 0.338 e. The molecule has 6 rings (SSSR count). The quantitative estimate of drug-likeness (QED) is 0.432. The Morgan fingerprint density at radius 3 is 2.16 bits per heavy atom. The predicted molar refractivity (Wildman–Crippen MR) is 112 cm³/mol. The lowest BCUT2D eigenvalue weighted by Crippen LogP contribution is -2.40. The lowest BCUT2D eigenvalue weighted by Gasteiger charge is -2.37. The molecule has 0 spiro atoms. The van der Waals surface area contributed by atoms with Crippen molar-refractivity contribution in [2.75, 3.05) is 11.9 Å². The maximum atomic E-state index is 12.9. The summed E-state index contributed by atoms with van der Waals surface area (Å²) in [4.78, 5) is 51.5. The molecule has 5 aliphatic rings. The van der Waals surface area contributed by atoms with Crippen LogP contribution < -0.4 is 5.32 Å². The van der Waals surface area contributed by atoms with Gasteiger partial charge in [-0.15, -0.1) is 0 Å². The van der Waals surface area contributed by atoms with Gasteiger partial charge in [-0.05, 0) is 68.2 Å². The minimum atomic E-state index is -0.415. The normalized spacial score (nSPS) is 32.2. The predicted octanol–water partition coefficient (Wildman–Crippen LogP) is 2.63. The van der Waals surface area contributed by atoms with Gasteiger partial charge in [0.25, 0.3) is 0 Å². The number of ether oxygens (including phenoxy) is 1. The molecule has 7 nitrogen and oxygen atoms in total. The fraction of sp³-hybridized carbons (Fsp3) is 0.500. The molecule has 0 unspecified atom stereocenters. The van der Waals surface area contributed by atoms with Crippen LogP contribution in [0, 0.1) is 35.5 Å². The number of amides is 3. The molecule has 162 valence electrons. The minimum Gasteiger partial charge on any atom is -0.459 e. The molecule has 0 radical (unpaired) electrons. The molecule has 1 aromatic carbocycles. The zero-order valence-corrected chi connectivity index (χ0v) is 17.6. The van der Waals surface area contributed by atoms with E-state index in [1.807, 2.05) is 0 Å². The van der Waals surface area contributed by atoms with Crippen LogP contribution in [-0.4, -0.2) is 41.2 Å². The molecule has 6 atom stereocenters. The molecule has 2 bridgehead atoms. The number of esters is 1. The molecule has 1 N–H and O–H groups in total. The molecule has 1 saturated heterocycles. The SMILES string of the molecule is CC(C)OC(=O)c1ccc(NC(=O)CCN2C(=O)[C@@H]3[C@H]4C=C[C@@H]([C@@H]5C[C@@H]45)[C@@H]3C2=O)cc1. The first-order chi connectivity index (χ1) is 14.8. The first-order valence-corrected chi connectivity index (χ1v) is 11.0. The molecular formula is C24H26N2O5. The van der Waals surface area contributed by atoms with Crippen molar-refractivity contribution >= 4 is 29.4 Å². The number of hydrogen-bond donors (Lipinski definition) is 1. The van der Waals surface area contributed by atoms with E-state index < -0.39 is 5.97 Å². The number of benzene rings is 1. The van der Waals surface area contributed by atoms with Gasteiger partial charge in [-0.25, -0.2) is 4.79 Å². The van der Waals surface area contributed by atoms with Crippen molar-refractivity contribution < 1.29 is 23.9 Å². The third-order valence-electron chi connectivity index (χ3n) is 7.06. The summed E-state index contributed by atoms with van der Waals surface area (Å²) in [7, 11) is 0. The summed E-state index contributed by atoms with van der Waals surface area (Å²) >= 11 is 0. The van der Waals surface area contributed by atoms with E-state index >= 15 is 0 Å². The summed E-state index contributed by atoms with van der Waals surface area (Å²) in [6.07, 6.45) is 5.25. The van der Waals surface area contributed by atoms with E-state index in [9.17, 15) is 19.2 Å². The zero-order valence-electron chi connectivity index (χ0n) is 17.6. The summed E-state index contributed by atoms with van der Waals surface area (Å²) in [5.74, 6) is 0.140. The van der Waals surface area contributed by atoms with Gasteiger partial charge in [-0.2, -0.15) is 0 Å². The monoisotopic (exact) mass is 422 g/mol. The van der Waals surface area contributed by atoms with Gasteiger partial charge in [0.05, 0.1) is 23.5 Å². The van der Waals surface area contributed by atoms with E-state index in [1.165, 1.54) is 4.90 Å². The molecule has 1 aliphatic heterocycles.